The average molecular weight is 288 g/mol. The fourth-order valence-corrected chi connectivity index (χ4v) is 2.59. The normalized spacial score (nSPS) is 15.0. The lowest BCUT2D eigenvalue weighted by atomic mass is 10.1. The molecule has 3 heterocycles. The summed E-state index contributed by atoms with van der Waals surface area (Å²) < 4.78 is 5.28. The highest BCUT2D eigenvalue weighted by molar-refractivity contribution is 5.48. The summed E-state index contributed by atoms with van der Waals surface area (Å²) in [5.41, 5.74) is 2.34. The molecule has 0 saturated heterocycles. The third kappa shape index (κ3) is 2.87. The van der Waals surface area contributed by atoms with E-state index in [4.69, 9.17) is 4.52 Å². The highest BCUT2D eigenvalue weighted by atomic mass is 16.5. The first-order valence-electron chi connectivity index (χ1n) is 7.21. The lowest BCUT2D eigenvalue weighted by Crippen LogP contribution is -2.32. The summed E-state index contributed by atoms with van der Waals surface area (Å²) in [6, 6.07) is 0. The second kappa shape index (κ2) is 5.77. The summed E-state index contributed by atoms with van der Waals surface area (Å²) in [4.78, 5) is 17.5. The van der Waals surface area contributed by atoms with Crippen LogP contribution in [0.5, 0.6) is 0 Å². The molecule has 3 rings (SSSR count). The van der Waals surface area contributed by atoms with Gasteiger partial charge in [-0.2, -0.15) is 4.98 Å². The number of hydrogen-bond donors (Lipinski definition) is 0. The van der Waals surface area contributed by atoms with Crippen LogP contribution in [-0.2, 0) is 25.9 Å². The van der Waals surface area contributed by atoms with E-state index in [2.05, 4.69) is 25.0 Å². The maximum absolute atomic E-state index is 5.28. The Labute approximate surface area is 124 Å². The molecule has 0 atom stereocenters. The van der Waals surface area contributed by atoms with Gasteiger partial charge in [0.25, 0.3) is 0 Å². The van der Waals surface area contributed by atoms with Crippen LogP contribution in [-0.4, -0.2) is 45.6 Å². The van der Waals surface area contributed by atoms with Crippen molar-refractivity contribution in [3.8, 4) is 0 Å². The van der Waals surface area contributed by atoms with Gasteiger partial charge < -0.3 is 9.42 Å². The van der Waals surface area contributed by atoms with Gasteiger partial charge in [-0.15, -0.1) is 0 Å². The Kier molecular flexibility index (Phi) is 3.83. The van der Waals surface area contributed by atoms with Gasteiger partial charge in [0.2, 0.25) is 5.89 Å². The van der Waals surface area contributed by atoms with Crippen molar-refractivity contribution in [2.24, 2.45) is 0 Å². The number of fused-ring (bicyclic) bond motifs is 1. The third-order valence-electron chi connectivity index (χ3n) is 3.67. The van der Waals surface area contributed by atoms with Crippen LogP contribution in [0.15, 0.2) is 10.9 Å². The zero-order valence-corrected chi connectivity index (χ0v) is 12.7. The van der Waals surface area contributed by atoms with Crippen molar-refractivity contribution in [2.75, 3.05) is 25.5 Å². The first-order valence-corrected chi connectivity index (χ1v) is 7.21. The van der Waals surface area contributed by atoms with Crippen molar-refractivity contribution in [1.29, 1.82) is 0 Å². The smallest absolute Gasteiger partial charge is 0.240 e. The highest BCUT2D eigenvalue weighted by Crippen LogP contribution is 2.25. The second-order valence-electron chi connectivity index (χ2n) is 5.44. The average Bonchev–Trinajstić information content (AvgIpc) is 2.94. The molecule has 0 spiro atoms. The molecule has 21 heavy (non-hydrogen) atoms. The van der Waals surface area contributed by atoms with Gasteiger partial charge in [-0.1, -0.05) is 12.1 Å². The summed E-state index contributed by atoms with van der Waals surface area (Å²) in [6.07, 6.45) is 3.37. The zero-order chi connectivity index (χ0) is 14.8. The van der Waals surface area contributed by atoms with Gasteiger partial charge in [-0.3, -0.25) is 4.90 Å². The van der Waals surface area contributed by atoms with Gasteiger partial charge in [-0.05, 0) is 0 Å². The molecule has 0 N–H and O–H groups in total. The molecule has 1 aliphatic heterocycles. The van der Waals surface area contributed by atoms with Crippen molar-refractivity contribution < 1.29 is 4.52 Å². The van der Waals surface area contributed by atoms with E-state index in [0.717, 1.165) is 43.3 Å². The predicted octanol–water partition coefficient (Wildman–Crippen LogP) is 1.05. The molecule has 0 unspecified atom stereocenters. The van der Waals surface area contributed by atoms with Gasteiger partial charge in [0.15, 0.2) is 5.82 Å². The molecule has 7 nitrogen and oxygen atoms in total. The van der Waals surface area contributed by atoms with E-state index in [1.165, 1.54) is 5.56 Å². The maximum atomic E-state index is 5.28. The van der Waals surface area contributed by atoms with E-state index < -0.39 is 0 Å². The van der Waals surface area contributed by atoms with Crippen LogP contribution in [0.25, 0.3) is 0 Å². The molecule has 1 aliphatic rings. The second-order valence-corrected chi connectivity index (χ2v) is 5.44. The molecule has 0 bridgehead atoms. The van der Waals surface area contributed by atoms with Crippen molar-refractivity contribution in [3.05, 3.63) is 29.3 Å². The third-order valence-corrected chi connectivity index (χ3v) is 3.67. The number of hydrogen-bond acceptors (Lipinski definition) is 7. The lowest BCUT2D eigenvalue weighted by molar-refractivity contribution is 0.209. The minimum atomic E-state index is 0.675. The molecule has 0 amide bonds. The Morgan fingerprint density at radius 2 is 2.19 bits per heavy atom. The van der Waals surface area contributed by atoms with Crippen LogP contribution < -0.4 is 4.90 Å². The van der Waals surface area contributed by atoms with Crippen LogP contribution in [0.3, 0.4) is 0 Å². The summed E-state index contributed by atoms with van der Waals surface area (Å²) in [5, 5.41) is 3.94. The quantitative estimate of drug-likeness (QED) is 0.832. The Bertz CT molecular complexity index is 624. The van der Waals surface area contributed by atoms with Gasteiger partial charge in [0, 0.05) is 45.6 Å². The SMILES string of the molecule is CCc1noc(CN2CCc3ncnc(N(C)C)c3C2)n1. The van der Waals surface area contributed by atoms with Crippen LogP contribution in [0.4, 0.5) is 5.82 Å². The first-order chi connectivity index (χ1) is 10.2. The Morgan fingerprint density at radius 1 is 1.33 bits per heavy atom. The van der Waals surface area contributed by atoms with Crippen LogP contribution in [0.2, 0.25) is 0 Å². The molecule has 0 aliphatic carbocycles. The number of rotatable bonds is 4. The van der Waals surface area contributed by atoms with Crippen LogP contribution >= 0.6 is 0 Å². The van der Waals surface area contributed by atoms with Gasteiger partial charge in [0.05, 0.1) is 12.2 Å². The van der Waals surface area contributed by atoms with Gasteiger partial charge >= 0.3 is 0 Å². The molecule has 0 saturated carbocycles. The molecular weight excluding hydrogens is 268 g/mol. The van der Waals surface area contributed by atoms with Gasteiger partial charge in [-0.25, -0.2) is 9.97 Å². The standard InChI is InChI=1S/C14H20N6O/c1-4-12-17-13(21-18-12)8-20-6-5-11-10(7-20)14(19(2)3)16-9-15-11/h9H,4-8H2,1-3H3. The molecule has 2 aromatic rings. The Morgan fingerprint density at radius 3 is 2.90 bits per heavy atom. The van der Waals surface area contributed by atoms with E-state index in [1.807, 2.05) is 25.9 Å². The van der Waals surface area contributed by atoms with Crippen molar-refractivity contribution in [3.63, 3.8) is 0 Å². The number of anilines is 1. The highest BCUT2D eigenvalue weighted by Gasteiger charge is 2.23. The number of nitrogens with zero attached hydrogens (tertiary/aromatic N) is 6. The van der Waals surface area contributed by atoms with Gasteiger partial charge in [0.1, 0.15) is 12.1 Å². The summed E-state index contributed by atoms with van der Waals surface area (Å²) in [5.74, 6) is 2.43. The van der Waals surface area contributed by atoms with E-state index >= 15 is 0 Å². The molecule has 0 aromatic carbocycles. The summed E-state index contributed by atoms with van der Waals surface area (Å²) in [6.45, 7) is 4.45. The van der Waals surface area contributed by atoms with E-state index in [1.54, 1.807) is 6.33 Å². The molecular formula is C14H20N6O. The fourth-order valence-electron chi connectivity index (χ4n) is 2.59. The molecule has 0 radical (unpaired) electrons. The van der Waals surface area contributed by atoms with Crippen LogP contribution in [0.1, 0.15) is 29.9 Å². The molecule has 2 aromatic heterocycles. The lowest BCUT2D eigenvalue weighted by Gasteiger charge is -2.29. The van der Waals surface area contributed by atoms with E-state index in [-0.39, 0.29) is 0 Å². The maximum Gasteiger partial charge on any atom is 0.240 e. The summed E-state index contributed by atoms with van der Waals surface area (Å²) >= 11 is 0. The first kappa shape index (κ1) is 13.9. The zero-order valence-electron chi connectivity index (χ0n) is 12.7. The minimum absolute atomic E-state index is 0.675. The van der Waals surface area contributed by atoms with Crippen molar-refractivity contribution in [2.45, 2.75) is 32.9 Å². The molecule has 0 fully saturated rings. The number of aryl methyl sites for hydroxylation is 1. The topological polar surface area (TPSA) is 71.2 Å². The largest absolute Gasteiger partial charge is 0.362 e. The predicted molar refractivity (Wildman–Crippen MR) is 77.9 cm³/mol. The Hall–Kier alpha value is -2.02. The monoisotopic (exact) mass is 288 g/mol. The molecule has 7 heteroatoms. The Balaban J connectivity index is 1.77. The van der Waals surface area contributed by atoms with E-state index in [0.29, 0.717) is 12.4 Å². The fraction of sp³-hybridized carbons (Fsp3) is 0.571. The number of aromatic nitrogens is 4. The van der Waals surface area contributed by atoms with Crippen LogP contribution in [0, 0.1) is 0 Å². The summed E-state index contributed by atoms with van der Waals surface area (Å²) in [7, 11) is 4.01. The molecule has 112 valence electrons. The minimum Gasteiger partial charge on any atom is -0.362 e. The van der Waals surface area contributed by atoms with Crippen molar-refractivity contribution in [1.82, 2.24) is 25.0 Å². The van der Waals surface area contributed by atoms with Crippen molar-refractivity contribution >= 4 is 5.82 Å². The van der Waals surface area contributed by atoms with E-state index in [9.17, 15) is 0 Å².